The number of ether oxygens (including phenoxy) is 1. The SMILES string of the molecule is CN(CCOCC1CC1)C(=O)CC1CCCCC1N. The summed E-state index contributed by atoms with van der Waals surface area (Å²) in [7, 11) is 1.87. The molecular formula is C15H28N2O2. The number of nitrogens with zero attached hydrogens (tertiary/aromatic N) is 1. The number of rotatable bonds is 7. The van der Waals surface area contributed by atoms with Gasteiger partial charge < -0.3 is 15.4 Å². The predicted octanol–water partition coefficient (Wildman–Crippen LogP) is 1.78. The first-order chi connectivity index (χ1) is 9.16. The highest BCUT2D eigenvalue weighted by molar-refractivity contribution is 5.76. The molecule has 19 heavy (non-hydrogen) atoms. The quantitative estimate of drug-likeness (QED) is 0.716. The van der Waals surface area contributed by atoms with Gasteiger partial charge in [-0.05, 0) is 37.5 Å². The van der Waals surface area contributed by atoms with Crippen LogP contribution in [0.25, 0.3) is 0 Å². The lowest BCUT2D eigenvalue weighted by molar-refractivity contribution is -0.132. The zero-order chi connectivity index (χ0) is 13.7. The summed E-state index contributed by atoms with van der Waals surface area (Å²) in [5.41, 5.74) is 6.09. The van der Waals surface area contributed by atoms with E-state index in [9.17, 15) is 4.79 Å². The van der Waals surface area contributed by atoms with E-state index in [-0.39, 0.29) is 11.9 Å². The Balaban J connectivity index is 1.60. The largest absolute Gasteiger partial charge is 0.379 e. The van der Waals surface area contributed by atoms with Gasteiger partial charge in [-0.3, -0.25) is 4.79 Å². The van der Waals surface area contributed by atoms with Crippen LogP contribution < -0.4 is 5.73 Å². The molecule has 2 aliphatic carbocycles. The van der Waals surface area contributed by atoms with Gasteiger partial charge in [-0.1, -0.05) is 12.8 Å². The van der Waals surface area contributed by atoms with Crippen molar-refractivity contribution in [3.63, 3.8) is 0 Å². The van der Waals surface area contributed by atoms with Crippen LogP contribution in [-0.2, 0) is 9.53 Å². The van der Waals surface area contributed by atoms with Crippen molar-refractivity contribution in [1.29, 1.82) is 0 Å². The van der Waals surface area contributed by atoms with Gasteiger partial charge >= 0.3 is 0 Å². The molecule has 1 amide bonds. The number of carbonyl (C=O) groups is 1. The topological polar surface area (TPSA) is 55.6 Å². The molecule has 2 atom stereocenters. The summed E-state index contributed by atoms with van der Waals surface area (Å²) in [4.78, 5) is 13.9. The highest BCUT2D eigenvalue weighted by Gasteiger charge is 2.25. The van der Waals surface area contributed by atoms with Crippen molar-refractivity contribution in [2.75, 3.05) is 26.8 Å². The van der Waals surface area contributed by atoms with Crippen LogP contribution in [0.4, 0.5) is 0 Å². The van der Waals surface area contributed by atoms with E-state index >= 15 is 0 Å². The Morgan fingerprint density at radius 2 is 2.00 bits per heavy atom. The molecule has 0 aromatic heterocycles. The lowest BCUT2D eigenvalue weighted by Gasteiger charge is -2.29. The molecule has 0 aliphatic heterocycles. The first-order valence-corrected chi connectivity index (χ1v) is 7.74. The van der Waals surface area contributed by atoms with Crippen molar-refractivity contribution in [3.05, 3.63) is 0 Å². The maximum absolute atomic E-state index is 12.1. The zero-order valence-corrected chi connectivity index (χ0v) is 12.1. The van der Waals surface area contributed by atoms with E-state index in [0.29, 0.717) is 25.5 Å². The fraction of sp³-hybridized carbons (Fsp3) is 0.933. The number of hydrogen-bond donors (Lipinski definition) is 1. The molecule has 2 rings (SSSR count). The van der Waals surface area contributed by atoms with E-state index in [4.69, 9.17) is 10.5 Å². The van der Waals surface area contributed by atoms with Crippen molar-refractivity contribution in [2.24, 2.45) is 17.6 Å². The van der Waals surface area contributed by atoms with Gasteiger partial charge in [-0.2, -0.15) is 0 Å². The summed E-state index contributed by atoms with van der Waals surface area (Å²) in [6, 6.07) is 0.220. The average Bonchev–Trinajstić information content (AvgIpc) is 3.21. The average molecular weight is 268 g/mol. The van der Waals surface area contributed by atoms with Gasteiger partial charge in [0.2, 0.25) is 5.91 Å². The molecule has 0 radical (unpaired) electrons. The lowest BCUT2D eigenvalue weighted by Crippen LogP contribution is -2.38. The van der Waals surface area contributed by atoms with Crippen LogP contribution in [0, 0.1) is 11.8 Å². The Bertz CT molecular complexity index is 292. The van der Waals surface area contributed by atoms with E-state index in [1.807, 2.05) is 7.05 Å². The van der Waals surface area contributed by atoms with Crippen LogP contribution in [0.5, 0.6) is 0 Å². The molecule has 0 heterocycles. The molecule has 0 aromatic rings. The summed E-state index contributed by atoms with van der Waals surface area (Å²) >= 11 is 0. The second-order valence-corrected chi connectivity index (χ2v) is 6.25. The molecule has 0 spiro atoms. The Morgan fingerprint density at radius 3 is 2.68 bits per heavy atom. The van der Waals surface area contributed by atoms with Crippen molar-refractivity contribution < 1.29 is 9.53 Å². The Kier molecular flexibility index (Phi) is 5.64. The van der Waals surface area contributed by atoms with Crippen LogP contribution in [0.1, 0.15) is 44.9 Å². The Hall–Kier alpha value is -0.610. The number of carbonyl (C=O) groups excluding carboxylic acids is 1. The second kappa shape index (κ2) is 7.25. The second-order valence-electron chi connectivity index (χ2n) is 6.25. The zero-order valence-electron chi connectivity index (χ0n) is 12.1. The highest BCUT2D eigenvalue weighted by Crippen LogP contribution is 2.28. The molecule has 2 N–H and O–H groups in total. The van der Waals surface area contributed by atoms with E-state index in [1.54, 1.807) is 4.90 Å². The summed E-state index contributed by atoms with van der Waals surface area (Å²) < 4.78 is 5.57. The Labute approximate surface area is 116 Å². The van der Waals surface area contributed by atoms with Crippen molar-refractivity contribution in [2.45, 2.75) is 51.0 Å². The van der Waals surface area contributed by atoms with Crippen molar-refractivity contribution >= 4 is 5.91 Å². The third-order valence-corrected chi connectivity index (χ3v) is 4.45. The van der Waals surface area contributed by atoms with E-state index in [1.165, 1.54) is 25.7 Å². The van der Waals surface area contributed by atoms with Gasteiger partial charge in [0.15, 0.2) is 0 Å². The normalized spacial score (nSPS) is 27.3. The molecule has 4 heteroatoms. The maximum Gasteiger partial charge on any atom is 0.222 e. The van der Waals surface area contributed by atoms with Gasteiger partial charge in [0.25, 0.3) is 0 Å². The van der Waals surface area contributed by atoms with Gasteiger partial charge in [0.05, 0.1) is 6.61 Å². The summed E-state index contributed by atoms with van der Waals surface area (Å²) in [6.45, 7) is 2.23. The van der Waals surface area contributed by atoms with Crippen LogP contribution in [0.15, 0.2) is 0 Å². The number of hydrogen-bond acceptors (Lipinski definition) is 3. The van der Waals surface area contributed by atoms with Crippen LogP contribution in [0.2, 0.25) is 0 Å². The molecule has 2 saturated carbocycles. The minimum absolute atomic E-state index is 0.220. The van der Waals surface area contributed by atoms with Crippen LogP contribution in [0.3, 0.4) is 0 Å². The third-order valence-electron chi connectivity index (χ3n) is 4.45. The molecular weight excluding hydrogens is 240 g/mol. The van der Waals surface area contributed by atoms with Gasteiger partial charge in [-0.15, -0.1) is 0 Å². The van der Waals surface area contributed by atoms with Crippen LogP contribution in [-0.4, -0.2) is 43.7 Å². The summed E-state index contributed by atoms with van der Waals surface area (Å²) in [5, 5.41) is 0. The fourth-order valence-electron chi connectivity index (χ4n) is 2.73. The minimum atomic E-state index is 0.220. The molecule has 0 aromatic carbocycles. The van der Waals surface area contributed by atoms with E-state index in [0.717, 1.165) is 25.4 Å². The number of likely N-dealkylation sites (N-methyl/N-ethyl adjacent to an activating group) is 1. The first kappa shape index (κ1) is 14.8. The third kappa shape index (κ3) is 5.11. The molecule has 2 aliphatic rings. The molecule has 4 nitrogen and oxygen atoms in total. The number of amides is 1. The molecule has 0 saturated heterocycles. The predicted molar refractivity (Wildman–Crippen MR) is 75.7 cm³/mol. The van der Waals surface area contributed by atoms with Crippen molar-refractivity contribution in [1.82, 2.24) is 4.90 Å². The van der Waals surface area contributed by atoms with Crippen molar-refractivity contribution in [3.8, 4) is 0 Å². The standard InChI is InChI=1S/C15H28N2O2/c1-17(8-9-19-11-12-6-7-12)15(18)10-13-4-2-3-5-14(13)16/h12-14H,2-11,16H2,1H3. The van der Waals surface area contributed by atoms with E-state index < -0.39 is 0 Å². The van der Waals surface area contributed by atoms with E-state index in [2.05, 4.69) is 0 Å². The van der Waals surface area contributed by atoms with Gasteiger partial charge in [0.1, 0.15) is 0 Å². The fourth-order valence-corrected chi connectivity index (χ4v) is 2.73. The lowest BCUT2D eigenvalue weighted by atomic mass is 9.83. The highest BCUT2D eigenvalue weighted by atomic mass is 16.5. The van der Waals surface area contributed by atoms with Gasteiger partial charge in [0, 0.05) is 32.7 Å². The first-order valence-electron chi connectivity index (χ1n) is 7.74. The molecule has 110 valence electrons. The molecule has 2 fully saturated rings. The summed E-state index contributed by atoms with van der Waals surface area (Å²) in [5.74, 6) is 1.40. The molecule has 0 bridgehead atoms. The Morgan fingerprint density at radius 1 is 1.26 bits per heavy atom. The molecule has 2 unspecified atom stereocenters. The minimum Gasteiger partial charge on any atom is -0.379 e. The smallest absolute Gasteiger partial charge is 0.222 e. The van der Waals surface area contributed by atoms with Crippen LogP contribution >= 0.6 is 0 Å². The summed E-state index contributed by atoms with van der Waals surface area (Å²) in [6.07, 6.45) is 7.87. The monoisotopic (exact) mass is 268 g/mol. The maximum atomic E-state index is 12.1. The number of nitrogens with two attached hydrogens (primary N) is 1. The van der Waals surface area contributed by atoms with Gasteiger partial charge in [-0.25, -0.2) is 0 Å².